The van der Waals surface area contributed by atoms with E-state index in [-0.39, 0.29) is 0 Å². The van der Waals surface area contributed by atoms with Crippen LogP contribution < -0.4 is 10.6 Å². The number of ether oxygens (including phenoxy) is 1. The van der Waals surface area contributed by atoms with Crippen LogP contribution in [0.2, 0.25) is 0 Å². The van der Waals surface area contributed by atoms with E-state index in [1.165, 1.54) is 11.8 Å². The maximum Gasteiger partial charge on any atom is 0.191 e. The summed E-state index contributed by atoms with van der Waals surface area (Å²) in [5, 5.41) is 0.702. The third-order valence-electron chi connectivity index (χ3n) is 2.13. The summed E-state index contributed by atoms with van der Waals surface area (Å²) in [7, 11) is 3.69. The van der Waals surface area contributed by atoms with Crippen molar-refractivity contribution in [3.63, 3.8) is 0 Å². The molecule has 5 nitrogen and oxygen atoms in total. The number of nitrogens with zero attached hydrogens (tertiary/aromatic N) is 3. The molecule has 0 aliphatic carbocycles. The first-order chi connectivity index (χ1) is 7.67. The molecule has 2 N–H and O–H groups in total. The lowest BCUT2D eigenvalue weighted by Crippen LogP contribution is -2.21. The van der Waals surface area contributed by atoms with E-state index in [0.717, 1.165) is 25.4 Å². The van der Waals surface area contributed by atoms with Gasteiger partial charge in [-0.05, 0) is 12.7 Å². The van der Waals surface area contributed by atoms with Gasteiger partial charge in [-0.2, -0.15) is 0 Å². The van der Waals surface area contributed by atoms with Crippen LogP contribution in [0.25, 0.3) is 0 Å². The Balaban J connectivity index is 2.66. The topological polar surface area (TPSA) is 64.3 Å². The van der Waals surface area contributed by atoms with E-state index in [9.17, 15) is 0 Å². The van der Waals surface area contributed by atoms with Crippen LogP contribution in [-0.2, 0) is 4.74 Å². The maximum absolute atomic E-state index is 5.71. The fraction of sp³-hybridized carbons (Fsp3) is 0.600. The quantitative estimate of drug-likeness (QED) is 0.460. The van der Waals surface area contributed by atoms with Crippen molar-refractivity contribution in [2.75, 3.05) is 44.2 Å². The van der Waals surface area contributed by atoms with Crippen LogP contribution in [0.3, 0.4) is 0 Å². The average molecular weight is 242 g/mol. The summed E-state index contributed by atoms with van der Waals surface area (Å²) in [6.07, 6.45) is 2.90. The highest BCUT2D eigenvalue weighted by Gasteiger charge is 2.06. The smallest absolute Gasteiger partial charge is 0.191 e. The Hall–Kier alpha value is -1.01. The van der Waals surface area contributed by atoms with E-state index >= 15 is 0 Å². The minimum atomic E-state index is 0.507. The number of nitrogen functional groups attached to an aromatic ring is 1. The van der Waals surface area contributed by atoms with Gasteiger partial charge in [-0.1, -0.05) is 11.8 Å². The largest absolute Gasteiger partial charge is 0.385 e. The second-order valence-electron chi connectivity index (χ2n) is 3.41. The molecule has 0 fully saturated rings. The molecule has 0 aromatic carbocycles. The number of anilines is 2. The Kier molecular flexibility index (Phi) is 5.34. The third-order valence-corrected chi connectivity index (χ3v) is 2.68. The Morgan fingerprint density at radius 2 is 2.25 bits per heavy atom. The minimum absolute atomic E-state index is 0.507. The predicted octanol–water partition coefficient (Wildman–Crippen LogP) is 1.25. The Labute approximate surface area is 100 Å². The second kappa shape index (κ2) is 6.55. The summed E-state index contributed by atoms with van der Waals surface area (Å²) in [6.45, 7) is 1.64. The van der Waals surface area contributed by atoms with Gasteiger partial charge in [-0.15, -0.1) is 0 Å². The second-order valence-corrected chi connectivity index (χ2v) is 4.18. The lowest BCUT2D eigenvalue weighted by molar-refractivity contribution is 0.196. The lowest BCUT2D eigenvalue weighted by atomic mass is 10.4. The van der Waals surface area contributed by atoms with E-state index in [4.69, 9.17) is 10.5 Å². The van der Waals surface area contributed by atoms with Gasteiger partial charge >= 0.3 is 0 Å². The fourth-order valence-electron chi connectivity index (χ4n) is 1.28. The predicted molar refractivity (Wildman–Crippen MR) is 68.0 cm³/mol. The van der Waals surface area contributed by atoms with Crippen molar-refractivity contribution in [3.8, 4) is 0 Å². The highest BCUT2D eigenvalue weighted by molar-refractivity contribution is 7.98. The van der Waals surface area contributed by atoms with E-state index in [1.54, 1.807) is 13.2 Å². The molecule has 0 spiro atoms. The number of rotatable bonds is 6. The van der Waals surface area contributed by atoms with Crippen molar-refractivity contribution in [2.45, 2.75) is 11.6 Å². The molecule has 1 rings (SSSR count). The molecule has 0 atom stereocenters. The molecule has 0 amide bonds. The van der Waals surface area contributed by atoms with E-state index in [1.807, 2.05) is 13.3 Å². The molecule has 0 aliphatic rings. The summed E-state index contributed by atoms with van der Waals surface area (Å²) in [5.41, 5.74) is 5.71. The number of aromatic nitrogens is 2. The third kappa shape index (κ3) is 3.86. The summed E-state index contributed by atoms with van der Waals surface area (Å²) < 4.78 is 5.01. The average Bonchev–Trinajstić information content (AvgIpc) is 2.28. The zero-order valence-electron chi connectivity index (χ0n) is 9.93. The molecule has 16 heavy (non-hydrogen) atoms. The molecule has 6 heteroatoms. The Morgan fingerprint density at radius 3 is 2.88 bits per heavy atom. The van der Waals surface area contributed by atoms with Gasteiger partial charge in [0.05, 0.1) is 0 Å². The SMILES string of the molecule is COCCCN(C)c1cc(N)nc(SC)n1. The van der Waals surface area contributed by atoms with E-state index in [0.29, 0.717) is 11.0 Å². The summed E-state index contributed by atoms with van der Waals surface area (Å²) >= 11 is 1.49. The maximum atomic E-state index is 5.71. The van der Waals surface area contributed by atoms with E-state index in [2.05, 4.69) is 14.9 Å². The standard InChI is InChI=1S/C10H18N4OS/c1-14(5-4-6-15-2)9-7-8(11)12-10(13-9)16-3/h7H,4-6H2,1-3H3,(H2,11,12,13). The zero-order chi connectivity index (χ0) is 12.0. The molecule has 0 aliphatic heterocycles. The number of methoxy groups -OCH3 is 1. The molecule has 1 heterocycles. The summed E-state index contributed by atoms with van der Waals surface area (Å²) in [6, 6.07) is 1.78. The number of hydrogen-bond donors (Lipinski definition) is 1. The molecule has 0 saturated carbocycles. The van der Waals surface area contributed by atoms with Gasteiger partial charge in [0, 0.05) is 33.4 Å². The van der Waals surface area contributed by atoms with Crippen molar-refractivity contribution >= 4 is 23.4 Å². The van der Waals surface area contributed by atoms with Crippen LogP contribution in [0, 0.1) is 0 Å². The fourth-order valence-corrected chi connectivity index (χ4v) is 1.66. The number of nitrogens with two attached hydrogens (primary N) is 1. The van der Waals surface area contributed by atoms with Gasteiger partial charge < -0.3 is 15.4 Å². The molecule has 1 aromatic heterocycles. The molecule has 0 saturated heterocycles. The van der Waals surface area contributed by atoms with Gasteiger partial charge in [0.2, 0.25) is 0 Å². The molecule has 0 radical (unpaired) electrons. The van der Waals surface area contributed by atoms with Crippen molar-refractivity contribution in [1.82, 2.24) is 9.97 Å². The molecular formula is C10H18N4OS. The van der Waals surface area contributed by atoms with Crippen molar-refractivity contribution < 1.29 is 4.74 Å². The molecule has 0 bridgehead atoms. The molecule has 0 unspecified atom stereocenters. The lowest BCUT2D eigenvalue weighted by Gasteiger charge is -2.18. The van der Waals surface area contributed by atoms with Crippen molar-refractivity contribution in [1.29, 1.82) is 0 Å². The van der Waals surface area contributed by atoms with Crippen LogP contribution in [0.1, 0.15) is 6.42 Å². The first-order valence-corrected chi connectivity index (χ1v) is 6.28. The monoisotopic (exact) mass is 242 g/mol. The molecular weight excluding hydrogens is 224 g/mol. The number of hydrogen-bond acceptors (Lipinski definition) is 6. The summed E-state index contributed by atoms with van der Waals surface area (Å²) in [4.78, 5) is 10.5. The van der Waals surface area contributed by atoms with Crippen LogP contribution in [0.4, 0.5) is 11.6 Å². The van der Waals surface area contributed by atoms with Crippen molar-refractivity contribution in [2.24, 2.45) is 0 Å². The zero-order valence-corrected chi connectivity index (χ0v) is 10.8. The highest BCUT2D eigenvalue weighted by Crippen LogP contribution is 2.17. The number of thioether (sulfide) groups is 1. The molecule has 1 aromatic rings. The first-order valence-electron chi connectivity index (χ1n) is 5.06. The van der Waals surface area contributed by atoms with Crippen LogP contribution >= 0.6 is 11.8 Å². The minimum Gasteiger partial charge on any atom is -0.385 e. The van der Waals surface area contributed by atoms with Gasteiger partial charge in [0.15, 0.2) is 5.16 Å². The van der Waals surface area contributed by atoms with Crippen LogP contribution in [0.15, 0.2) is 11.2 Å². The molecule has 90 valence electrons. The normalized spacial score (nSPS) is 10.4. The van der Waals surface area contributed by atoms with Gasteiger partial charge in [-0.25, -0.2) is 9.97 Å². The van der Waals surface area contributed by atoms with Crippen LogP contribution in [0.5, 0.6) is 0 Å². The van der Waals surface area contributed by atoms with E-state index < -0.39 is 0 Å². The Bertz CT molecular complexity index is 335. The van der Waals surface area contributed by atoms with Crippen molar-refractivity contribution in [3.05, 3.63) is 6.07 Å². The summed E-state index contributed by atoms with van der Waals surface area (Å²) in [5.74, 6) is 1.36. The van der Waals surface area contributed by atoms with Gasteiger partial charge in [0.25, 0.3) is 0 Å². The Morgan fingerprint density at radius 1 is 1.50 bits per heavy atom. The highest BCUT2D eigenvalue weighted by atomic mass is 32.2. The first kappa shape index (κ1) is 13.1. The van der Waals surface area contributed by atoms with Gasteiger partial charge in [0.1, 0.15) is 11.6 Å². The van der Waals surface area contributed by atoms with Crippen LogP contribution in [-0.4, -0.2) is 43.5 Å². The van der Waals surface area contributed by atoms with Gasteiger partial charge in [-0.3, -0.25) is 0 Å².